The molecule has 2 aromatic rings. The normalized spacial score (nSPS) is 15.7. The zero-order valence-corrected chi connectivity index (χ0v) is 20.4. The van der Waals surface area contributed by atoms with Gasteiger partial charge in [0.1, 0.15) is 29.7 Å². The van der Waals surface area contributed by atoms with Gasteiger partial charge in [-0.2, -0.15) is 0 Å². The summed E-state index contributed by atoms with van der Waals surface area (Å²) in [5, 5.41) is 9.16. The highest BCUT2D eigenvalue weighted by Gasteiger charge is 2.27. The van der Waals surface area contributed by atoms with Gasteiger partial charge in [-0.3, -0.25) is 9.79 Å². The lowest BCUT2D eigenvalue weighted by Crippen LogP contribution is -2.45. The molecule has 0 aliphatic carbocycles. The molecule has 1 saturated heterocycles. The molecule has 10 heteroatoms. The molecule has 0 radical (unpaired) electrons. The summed E-state index contributed by atoms with van der Waals surface area (Å²) in [5.74, 6) is -0.00605. The van der Waals surface area contributed by atoms with Gasteiger partial charge in [0.2, 0.25) is 5.91 Å². The van der Waals surface area contributed by atoms with Crippen molar-refractivity contribution in [1.29, 1.82) is 0 Å². The molecule has 1 unspecified atom stereocenters. The molecule has 32 heavy (non-hydrogen) atoms. The third-order valence-electron chi connectivity index (χ3n) is 4.82. The largest absolute Gasteiger partial charge is 0.492 e. The number of ether oxygens (including phenoxy) is 1. The number of benzene rings is 2. The summed E-state index contributed by atoms with van der Waals surface area (Å²) >= 11 is 0. The van der Waals surface area contributed by atoms with E-state index in [0.29, 0.717) is 43.6 Å². The van der Waals surface area contributed by atoms with Gasteiger partial charge in [-0.15, -0.1) is 24.0 Å². The minimum Gasteiger partial charge on any atom is -0.492 e. The number of hydrogen-bond donors (Lipinski definition) is 3. The molecule has 1 aliphatic rings. The van der Waals surface area contributed by atoms with E-state index in [-0.39, 0.29) is 41.6 Å². The molecular formula is C22H28F2IN5O2. The van der Waals surface area contributed by atoms with Crippen LogP contribution in [0, 0.1) is 11.6 Å². The predicted octanol–water partition coefficient (Wildman–Crippen LogP) is 3.36. The number of carbonyl (C=O) groups excluding carboxylic acids is 1. The summed E-state index contributed by atoms with van der Waals surface area (Å²) in [4.78, 5) is 17.1. The SMILES string of the molecule is CN=C(NCCOc1cccc(NC(C)=O)c1)NC1CCN(c2c(F)cccc2F)C1.I. The maximum absolute atomic E-state index is 14.0. The van der Waals surface area contributed by atoms with Gasteiger partial charge in [0.15, 0.2) is 5.96 Å². The van der Waals surface area contributed by atoms with Crippen LogP contribution in [0.1, 0.15) is 13.3 Å². The van der Waals surface area contributed by atoms with E-state index in [4.69, 9.17) is 4.74 Å². The van der Waals surface area contributed by atoms with Crippen LogP contribution in [-0.4, -0.2) is 51.2 Å². The molecular weight excluding hydrogens is 531 g/mol. The summed E-state index contributed by atoms with van der Waals surface area (Å²) in [6.07, 6.45) is 0.737. The summed E-state index contributed by atoms with van der Waals surface area (Å²) < 4.78 is 33.7. The molecule has 1 amide bonds. The number of anilines is 2. The van der Waals surface area contributed by atoms with Crippen molar-refractivity contribution in [3.63, 3.8) is 0 Å². The van der Waals surface area contributed by atoms with Crippen molar-refractivity contribution in [2.75, 3.05) is 43.5 Å². The average molecular weight is 559 g/mol. The topological polar surface area (TPSA) is 78.0 Å². The number of rotatable bonds is 7. The van der Waals surface area contributed by atoms with Crippen LogP contribution in [0.4, 0.5) is 20.2 Å². The Kier molecular flexibility index (Phi) is 9.95. The van der Waals surface area contributed by atoms with Crippen LogP contribution < -0.4 is 25.6 Å². The smallest absolute Gasteiger partial charge is 0.221 e. The van der Waals surface area contributed by atoms with E-state index in [9.17, 15) is 13.6 Å². The summed E-state index contributed by atoms with van der Waals surface area (Å²) in [6, 6.07) is 11.1. The van der Waals surface area contributed by atoms with E-state index in [1.54, 1.807) is 30.1 Å². The standard InChI is InChI=1S/C22H27F2N5O2.HI/c1-15(30)27-16-5-3-6-18(13-16)31-12-10-26-22(25-2)28-17-9-11-29(14-17)21-19(23)7-4-8-20(21)24;/h3-8,13,17H,9-12,14H2,1-2H3,(H,27,30)(H2,25,26,28);1H. The minimum atomic E-state index is -0.553. The van der Waals surface area contributed by atoms with Crippen LogP contribution >= 0.6 is 24.0 Å². The van der Waals surface area contributed by atoms with E-state index in [1.165, 1.54) is 25.1 Å². The van der Waals surface area contributed by atoms with Gasteiger partial charge in [-0.1, -0.05) is 12.1 Å². The molecule has 0 spiro atoms. The van der Waals surface area contributed by atoms with E-state index in [1.807, 2.05) is 6.07 Å². The summed E-state index contributed by atoms with van der Waals surface area (Å²) in [5.41, 5.74) is 0.692. The number of nitrogens with zero attached hydrogens (tertiary/aromatic N) is 2. The monoisotopic (exact) mass is 559 g/mol. The molecule has 7 nitrogen and oxygen atoms in total. The second-order valence-corrected chi connectivity index (χ2v) is 7.20. The van der Waals surface area contributed by atoms with Crippen LogP contribution in [0.25, 0.3) is 0 Å². The van der Waals surface area contributed by atoms with Crippen LogP contribution in [0.15, 0.2) is 47.5 Å². The van der Waals surface area contributed by atoms with E-state index in [0.717, 1.165) is 6.42 Å². The first-order chi connectivity index (χ1) is 15.0. The van der Waals surface area contributed by atoms with E-state index in [2.05, 4.69) is 20.9 Å². The Morgan fingerprint density at radius 2 is 1.94 bits per heavy atom. The highest BCUT2D eigenvalue weighted by Crippen LogP contribution is 2.26. The Morgan fingerprint density at radius 3 is 2.62 bits per heavy atom. The van der Waals surface area contributed by atoms with Crippen molar-refractivity contribution in [2.24, 2.45) is 4.99 Å². The number of para-hydroxylation sites is 1. The lowest BCUT2D eigenvalue weighted by Gasteiger charge is -2.21. The molecule has 174 valence electrons. The first-order valence-electron chi connectivity index (χ1n) is 10.1. The van der Waals surface area contributed by atoms with Crippen molar-refractivity contribution in [3.05, 3.63) is 54.1 Å². The number of amides is 1. The molecule has 1 fully saturated rings. The lowest BCUT2D eigenvalue weighted by atomic mass is 10.2. The van der Waals surface area contributed by atoms with Gasteiger partial charge >= 0.3 is 0 Å². The van der Waals surface area contributed by atoms with Crippen molar-refractivity contribution >= 4 is 47.2 Å². The third-order valence-corrected chi connectivity index (χ3v) is 4.82. The Hall–Kier alpha value is -2.63. The van der Waals surface area contributed by atoms with Crippen LogP contribution in [0.5, 0.6) is 5.75 Å². The van der Waals surface area contributed by atoms with E-state index >= 15 is 0 Å². The average Bonchev–Trinajstić information content (AvgIpc) is 3.18. The third kappa shape index (κ3) is 7.21. The van der Waals surface area contributed by atoms with Gasteiger partial charge in [-0.05, 0) is 30.7 Å². The fraction of sp³-hybridized carbons (Fsp3) is 0.364. The maximum Gasteiger partial charge on any atom is 0.221 e. The fourth-order valence-corrected chi connectivity index (χ4v) is 3.47. The number of guanidine groups is 1. The molecule has 3 N–H and O–H groups in total. The van der Waals surface area contributed by atoms with E-state index < -0.39 is 11.6 Å². The first kappa shape index (κ1) is 25.6. The zero-order valence-electron chi connectivity index (χ0n) is 18.0. The van der Waals surface area contributed by atoms with Gasteiger partial charge in [0.05, 0.1) is 6.54 Å². The fourth-order valence-electron chi connectivity index (χ4n) is 3.47. The van der Waals surface area contributed by atoms with Gasteiger partial charge in [0.25, 0.3) is 0 Å². The quantitative estimate of drug-likeness (QED) is 0.210. The number of nitrogens with one attached hydrogen (secondary N) is 3. The molecule has 2 aromatic carbocycles. The highest BCUT2D eigenvalue weighted by molar-refractivity contribution is 14.0. The molecule has 1 atom stereocenters. The van der Waals surface area contributed by atoms with Gasteiger partial charge in [0, 0.05) is 44.9 Å². The maximum atomic E-state index is 14.0. The van der Waals surface area contributed by atoms with Crippen molar-refractivity contribution in [1.82, 2.24) is 10.6 Å². The molecule has 0 bridgehead atoms. The summed E-state index contributed by atoms with van der Waals surface area (Å²) in [6.45, 7) is 3.38. The van der Waals surface area contributed by atoms with Crippen LogP contribution in [-0.2, 0) is 4.79 Å². The molecule has 0 saturated carbocycles. The first-order valence-corrected chi connectivity index (χ1v) is 10.1. The molecule has 1 heterocycles. The molecule has 1 aliphatic heterocycles. The predicted molar refractivity (Wildman–Crippen MR) is 133 cm³/mol. The number of aliphatic imine (C=N–C) groups is 1. The van der Waals surface area contributed by atoms with Crippen LogP contribution in [0.2, 0.25) is 0 Å². The van der Waals surface area contributed by atoms with Gasteiger partial charge < -0.3 is 25.6 Å². The molecule has 0 aromatic heterocycles. The highest BCUT2D eigenvalue weighted by atomic mass is 127. The van der Waals surface area contributed by atoms with Gasteiger partial charge in [-0.25, -0.2) is 8.78 Å². The Bertz CT molecular complexity index is 924. The second kappa shape index (κ2) is 12.4. The Balaban J connectivity index is 0.00000363. The van der Waals surface area contributed by atoms with Crippen molar-refractivity contribution in [3.8, 4) is 5.75 Å². The lowest BCUT2D eigenvalue weighted by molar-refractivity contribution is -0.114. The number of hydrogen-bond acceptors (Lipinski definition) is 4. The van der Waals surface area contributed by atoms with Crippen molar-refractivity contribution in [2.45, 2.75) is 19.4 Å². The second-order valence-electron chi connectivity index (χ2n) is 7.20. The Morgan fingerprint density at radius 1 is 1.22 bits per heavy atom. The molecule has 3 rings (SSSR count). The van der Waals surface area contributed by atoms with Crippen LogP contribution in [0.3, 0.4) is 0 Å². The number of carbonyl (C=O) groups is 1. The number of halogens is 3. The van der Waals surface area contributed by atoms with Crippen molar-refractivity contribution < 1.29 is 18.3 Å². The zero-order chi connectivity index (χ0) is 22.2. The minimum absolute atomic E-state index is 0. The Labute approximate surface area is 203 Å². The summed E-state index contributed by atoms with van der Waals surface area (Å²) in [7, 11) is 1.66.